The summed E-state index contributed by atoms with van der Waals surface area (Å²) in [4.78, 5) is 13.1. The normalized spacial score (nSPS) is 27.1. The van der Waals surface area contributed by atoms with Crippen LogP contribution in [0.4, 0.5) is 5.69 Å². The third-order valence-corrected chi connectivity index (χ3v) is 3.91. The summed E-state index contributed by atoms with van der Waals surface area (Å²) >= 11 is 0. The Bertz CT molecular complexity index is 477. The van der Waals surface area contributed by atoms with Crippen molar-refractivity contribution in [1.29, 1.82) is 0 Å². The van der Waals surface area contributed by atoms with Crippen LogP contribution in [0.15, 0.2) is 36.0 Å². The van der Waals surface area contributed by atoms with Gasteiger partial charge in [0.2, 0.25) is 6.41 Å². The first-order valence-electron chi connectivity index (χ1n) is 5.82. The van der Waals surface area contributed by atoms with Gasteiger partial charge in [-0.2, -0.15) is 0 Å². The van der Waals surface area contributed by atoms with Crippen molar-refractivity contribution in [3.63, 3.8) is 0 Å². The van der Waals surface area contributed by atoms with Crippen LogP contribution in [0.25, 0.3) is 0 Å². The first-order chi connectivity index (χ1) is 7.77. The number of carbonyl (C=O) groups is 1. The maximum Gasteiger partial charge on any atom is 0.218 e. The molecule has 1 aromatic carbocycles. The van der Waals surface area contributed by atoms with E-state index < -0.39 is 0 Å². The molecule has 0 unspecified atom stereocenters. The highest BCUT2D eigenvalue weighted by molar-refractivity contribution is 5.88. The van der Waals surface area contributed by atoms with E-state index in [2.05, 4.69) is 25.1 Å². The van der Waals surface area contributed by atoms with Crippen molar-refractivity contribution in [3.05, 3.63) is 41.6 Å². The molecule has 0 N–H and O–H groups in total. The van der Waals surface area contributed by atoms with Gasteiger partial charge in [-0.05, 0) is 37.8 Å². The molecule has 0 aromatic heterocycles. The molecular weight excluding hydrogens is 198 g/mol. The second-order valence-electron chi connectivity index (χ2n) is 4.81. The lowest BCUT2D eigenvalue weighted by Gasteiger charge is -2.31. The second kappa shape index (κ2) is 3.21. The van der Waals surface area contributed by atoms with E-state index in [9.17, 15) is 4.79 Å². The fourth-order valence-electron chi connectivity index (χ4n) is 3.08. The highest BCUT2D eigenvalue weighted by Gasteiger charge is 2.44. The molecule has 1 aliphatic heterocycles. The number of para-hydroxylation sites is 1. The summed E-state index contributed by atoms with van der Waals surface area (Å²) in [5.41, 5.74) is 3.59. The maximum absolute atomic E-state index is 11.3. The topological polar surface area (TPSA) is 20.3 Å². The van der Waals surface area contributed by atoms with Gasteiger partial charge in [0, 0.05) is 11.1 Å². The molecule has 0 saturated heterocycles. The SMILES string of the molecule is C[C@]12CCCC=C1N(C=O)c1ccccc12. The highest BCUT2D eigenvalue weighted by Crippen LogP contribution is 2.51. The lowest BCUT2D eigenvalue weighted by Crippen LogP contribution is -2.29. The number of anilines is 1. The lowest BCUT2D eigenvalue weighted by molar-refractivity contribution is -0.107. The van der Waals surface area contributed by atoms with Crippen molar-refractivity contribution >= 4 is 12.1 Å². The average molecular weight is 213 g/mol. The molecule has 2 heteroatoms. The number of carbonyl (C=O) groups excluding carboxylic acids is 1. The van der Waals surface area contributed by atoms with Crippen LogP contribution in [-0.4, -0.2) is 6.41 Å². The van der Waals surface area contributed by atoms with Gasteiger partial charge in [0.25, 0.3) is 0 Å². The summed E-state index contributed by atoms with van der Waals surface area (Å²) in [5.74, 6) is 0. The number of rotatable bonds is 1. The molecule has 1 heterocycles. The molecule has 2 aliphatic rings. The Hall–Kier alpha value is -1.57. The van der Waals surface area contributed by atoms with E-state index in [1.54, 1.807) is 0 Å². The van der Waals surface area contributed by atoms with Crippen molar-refractivity contribution in [2.24, 2.45) is 0 Å². The van der Waals surface area contributed by atoms with Crippen molar-refractivity contribution in [2.75, 3.05) is 4.90 Å². The van der Waals surface area contributed by atoms with Crippen LogP contribution < -0.4 is 4.90 Å². The average Bonchev–Trinajstić information content (AvgIpc) is 2.58. The smallest absolute Gasteiger partial charge is 0.218 e. The molecular formula is C14H15NO. The van der Waals surface area contributed by atoms with Crippen molar-refractivity contribution < 1.29 is 4.79 Å². The zero-order valence-electron chi connectivity index (χ0n) is 9.44. The second-order valence-corrected chi connectivity index (χ2v) is 4.81. The van der Waals surface area contributed by atoms with Gasteiger partial charge < -0.3 is 0 Å². The Morgan fingerprint density at radius 1 is 1.38 bits per heavy atom. The van der Waals surface area contributed by atoms with E-state index in [4.69, 9.17) is 0 Å². The van der Waals surface area contributed by atoms with Gasteiger partial charge in [-0.3, -0.25) is 9.69 Å². The molecule has 82 valence electrons. The Morgan fingerprint density at radius 2 is 2.19 bits per heavy atom. The zero-order valence-corrected chi connectivity index (χ0v) is 9.44. The van der Waals surface area contributed by atoms with Crippen LogP contribution >= 0.6 is 0 Å². The van der Waals surface area contributed by atoms with Gasteiger partial charge in [0.1, 0.15) is 0 Å². The Kier molecular flexibility index (Phi) is 1.93. The summed E-state index contributed by atoms with van der Waals surface area (Å²) in [5, 5.41) is 0. The quantitative estimate of drug-likeness (QED) is 0.657. The van der Waals surface area contributed by atoms with Gasteiger partial charge >= 0.3 is 0 Å². The van der Waals surface area contributed by atoms with E-state index in [1.807, 2.05) is 17.0 Å². The predicted octanol–water partition coefficient (Wildman–Crippen LogP) is 2.99. The van der Waals surface area contributed by atoms with E-state index in [0.717, 1.165) is 24.9 Å². The van der Waals surface area contributed by atoms with E-state index in [1.165, 1.54) is 17.7 Å². The standard InChI is InChI=1S/C14H15NO/c1-14-9-5-4-8-13(14)15(10-16)12-7-3-2-6-11(12)14/h2-3,6-8,10H,4-5,9H2,1H3/t14-/m1/s1. The van der Waals surface area contributed by atoms with Crippen LogP contribution in [0.3, 0.4) is 0 Å². The third kappa shape index (κ3) is 1.04. The first kappa shape index (κ1) is 9.64. The van der Waals surface area contributed by atoms with Crippen molar-refractivity contribution in [2.45, 2.75) is 31.6 Å². The number of amides is 1. The molecule has 0 spiro atoms. The summed E-state index contributed by atoms with van der Waals surface area (Å²) < 4.78 is 0. The predicted molar refractivity (Wildman–Crippen MR) is 64.3 cm³/mol. The fraction of sp³-hybridized carbons (Fsp3) is 0.357. The summed E-state index contributed by atoms with van der Waals surface area (Å²) in [6.07, 6.45) is 6.60. The Balaban J connectivity index is 2.27. The minimum absolute atomic E-state index is 0.0513. The van der Waals surface area contributed by atoms with Crippen molar-refractivity contribution in [1.82, 2.24) is 0 Å². The van der Waals surface area contributed by atoms with Crippen LogP contribution in [0.1, 0.15) is 31.7 Å². The zero-order chi connectivity index (χ0) is 11.2. The van der Waals surface area contributed by atoms with Gasteiger partial charge in [0.05, 0.1) is 5.69 Å². The maximum atomic E-state index is 11.3. The Labute approximate surface area is 95.6 Å². The molecule has 0 saturated carbocycles. The molecule has 2 nitrogen and oxygen atoms in total. The molecule has 1 aliphatic carbocycles. The molecule has 16 heavy (non-hydrogen) atoms. The number of fused-ring (bicyclic) bond motifs is 3. The first-order valence-corrected chi connectivity index (χ1v) is 5.82. The van der Waals surface area contributed by atoms with E-state index in [0.29, 0.717) is 0 Å². The number of hydrogen-bond acceptors (Lipinski definition) is 1. The molecule has 0 radical (unpaired) electrons. The van der Waals surface area contributed by atoms with E-state index in [-0.39, 0.29) is 5.41 Å². The molecule has 1 amide bonds. The minimum Gasteiger partial charge on any atom is -0.287 e. The van der Waals surface area contributed by atoms with Crippen LogP contribution in [0.5, 0.6) is 0 Å². The molecule has 0 fully saturated rings. The number of allylic oxidation sites excluding steroid dienone is 2. The summed E-state index contributed by atoms with van der Waals surface area (Å²) in [6, 6.07) is 8.24. The van der Waals surface area contributed by atoms with E-state index >= 15 is 0 Å². The minimum atomic E-state index is 0.0513. The van der Waals surface area contributed by atoms with Gasteiger partial charge in [-0.25, -0.2) is 0 Å². The summed E-state index contributed by atoms with van der Waals surface area (Å²) in [7, 11) is 0. The molecule has 3 rings (SSSR count). The van der Waals surface area contributed by atoms with Gasteiger partial charge in [0.15, 0.2) is 0 Å². The number of hydrogen-bond donors (Lipinski definition) is 0. The highest BCUT2D eigenvalue weighted by atomic mass is 16.1. The molecule has 1 aromatic rings. The number of benzene rings is 1. The lowest BCUT2D eigenvalue weighted by atomic mass is 9.74. The molecule has 0 bridgehead atoms. The van der Waals surface area contributed by atoms with Gasteiger partial charge in [-0.15, -0.1) is 0 Å². The van der Waals surface area contributed by atoms with Crippen LogP contribution in [0.2, 0.25) is 0 Å². The molecule has 1 atom stereocenters. The van der Waals surface area contributed by atoms with Crippen LogP contribution in [-0.2, 0) is 10.2 Å². The fourth-order valence-corrected chi connectivity index (χ4v) is 3.08. The largest absolute Gasteiger partial charge is 0.287 e. The summed E-state index contributed by atoms with van der Waals surface area (Å²) in [6.45, 7) is 2.25. The monoisotopic (exact) mass is 213 g/mol. The van der Waals surface area contributed by atoms with Crippen molar-refractivity contribution in [3.8, 4) is 0 Å². The van der Waals surface area contributed by atoms with Crippen LogP contribution in [0, 0.1) is 0 Å². The number of nitrogens with zero attached hydrogens (tertiary/aromatic N) is 1. The third-order valence-electron chi connectivity index (χ3n) is 3.91. The van der Waals surface area contributed by atoms with Gasteiger partial charge in [-0.1, -0.05) is 24.3 Å². The Morgan fingerprint density at radius 3 is 3.00 bits per heavy atom.